The monoisotopic (exact) mass is 445 g/mol. The largest absolute Gasteiger partial charge is 0.497 e. The first-order chi connectivity index (χ1) is 15.5. The highest BCUT2D eigenvalue weighted by molar-refractivity contribution is 7.15. The lowest BCUT2D eigenvalue weighted by atomic mass is 10.0. The van der Waals surface area contributed by atoms with Crippen LogP contribution in [0, 0.1) is 0 Å². The zero-order chi connectivity index (χ0) is 22.2. The Kier molecular flexibility index (Phi) is 5.07. The van der Waals surface area contributed by atoms with Crippen molar-refractivity contribution < 1.29 is 9.47 Å². The van der Waals surface area contributed by atoms with Gasteiger partial charge in [-0.15, -0.1) is 0 Å². The van der Waals surface area contributed by atoms with E-state index in [-0.39, 0.29) is 28.7 Å². The van der Waals surface area contributed by atoms with Crippen molar-refractivity contribution in [3.05, 3.63) is 96.2 Å². The van der Waals surface area contributed by atoms with Crippen molar-refractivity contribution in [3.63, 3.8) is 0 Å². The summed E-state index contributed by atoms with van der Waals surface area (Å²) in [6.45, 7) is 1.93. The Bertz CT molecular complexity index is 1520. The fourth-order valence-corrected chi connectivity index (χ4v) is 4.47. The van der Waals surface area contributed by atoms with Gasteiger partial charge in [0.1, 0.15) is 23.3 Å². The van der Waals surface area contributed by atoms with Gasteiger partial charge in [-0.25, -0.2) is 0 Å². The molecular formula is C24H19N3O4S. The number of benzene rings is 2. The minimum absolute atomic E-state index is 0.207. The normalized spacial score (nSPS) is 15.9. The summed E-state index contributed by atoms with van der Waals surface area (Å²) in [5.74, 6) is 1.54. The molecule has 160 valence electrons. The van der Waals surface area contributed by atoms with E-state index in [2.05, 4.69) is 10.1 Å². The van der Waals surface area contributed by atoms with Crippen LogP contribution in [0.25, 0.3) is 17.1 Å². The van der Waals surface area contributed by atoms with E-state index in [1.54, 1.807) is 13.2 Å². The van der Waals surface area contributed by atoms with Gasteiger partial charge < -0.3 is 9.47 Å². The standard InChI is InChI=1S/C24H19N3O4S/c1-14-17(12-16-5-3-4-6-20(16)31-14)13-21-23(29)27-24(32-21)25-22(28)19(26-27)11-15-7-9-18(30-2)10-8-15/h3-10,12-14H,11H2,1-2H3/b21-13-. The van der Waals surface area contributed by atoms with Gasteiger partial charge in [-0.1, -0.05) is 41.7 Å². The maximum Gasteiger partial charge on any atom is 0.296 e. The number of hydrogen-bond acceptors (Lipinski definition) is 7. The molecule has 1 aliphatic rings. The van der Waals surface area contributed by atoms with Crippen LogP contribution in [0.15, 0.2) is 63.7 Å². The molecule has 0 radical (unpaired) electrons. The number of methoxy groups -OCH3 is 1. The molecule has 7 nitrogen and oxygen atoms in total. The number of aromatic nitrogens is 3. The van der Waals surface area contributed by atoms with Gasteiger partial charge in [0.25, 0.3) is 11.1 Å². The SMILES string of the molecule is COc1ccc(Cc2nn3c(=O)/c(=C/C4=Cc5ccccc5OC4C)sc3nc2=O)cc1. The molecule has 0 fully saturated rings. The van der Waals surface area contributed by atoms with Crippen LogP contribution in [0.4, 0.5) is 0 Å². The topological polar surface area (TPSA) is 82.8 Å². The summed E-state index contributed by atoms with van der Waals surface area (Å²) in [4.78, 5) is 29.9. The average Bonchev–Trinajstić information content (AvgIpc) is 3.09. The van der Waals surface area contributed by atoms with Crippen LogP contribution in [0.1, 0.15) is 23.7 Å². The predicted octanol–water partition coefficient (Wildman–Crippen LogP) is 2.47. The zero-order valence-corrected chi connectivity index (χ0v) is 18.3. The molecule has 0 aliphatic carbocycles. The second kappa shape index (κ2) is 8.05. The van der Waals surface area contributed by atoms with Crippen molar-refractivity contribution in [1.29, 1.82) is 0 Å². The van der Waals surface area contributed by atoms with E-state index >= 15 is 0 Å². The van der Waals surface area contributed by atoms with E-state index < -0.39 is 5.56 Å². The number of hydrogen-bond donors (Lipinski definition) is 0. The molecule has 2 aromatic carbocycles. The highest BCUT2D eigenvalue weighted by Gasteiger charge is 2.18. The molecule has 0 spiro atoms. The third-order valence-corrected chi connectivity index (χ3v) is 6.25. The Morgan fingerprint density at radius 1 is 1.16 bits per heavy atom. The van der Waals surface area contributed by atoms with Gasteiger partial charge >= 0.3 is 0 Å². The summed E-state index contributed by atoms with van der Waals surface area (Å²) >= 11 is 1.14. The summed E-state index contributed by atoms with van der Waals surface area (Å²) < 4.78 is 12.8. The average molecular weight is 446 g/mol. The highest BCUT2D eigenvalue weighted by atomic mass is 32.1. The van der Waals surface area contributed by atoms with Crippen LogP contribution in [0.5, 0.6) is 11.5 Å². The van der Waals surface area contributed by atoms with Crippen molar-refractivity contribution in [2.24, 2.45) is 0 Å². The first-order valence-corrected chi connectivity index (χ1v) is 10.9. The molecule has 3 heterocycles. The molecule has 2 aromatic heterocycles. The lowest BCUT2D eigenvalue weighted by Crippen LogP contribution is -2.29. The Morgan fingerprint density at radius 2 is 1.94 bits per heavy atom. The van der Waals surface area contributed by atoms with Gasteiger partial charge in [-0.3, -0.25) is 9.59 Å². The van der Waals surface area contributed by atoms with E-state index in [0.717, 1.165) is 39.5 Å². The second-order valence-electron chi connectivity index (χ2n) is 7.44. The number of nitrogens with zero attached hydrogens (tertiary/aromatic N) is 3. The summed E-state index contributed by atoms with van der Waals surface area (Å²) in [5.41, 5.74) is 2.18. The van der Waals surface area contributed by atoms with Crippen molar-refractivity contribution in [2.45, 2.75) is 19.4 Å². The van der Waals surface area contributed by atoms with Gasteiger partial charge in [0, 0.05) is 12.0 Å². The van der Waals surface area contributed by atoms with Crippen molar-refractivity contribution in [2.75, 3.05) is 7.11 Å². The molecule has 4 aromatic rings. The second-order valence-corrected chi connectivity index (χ2v) is 8.45. The molecule has 32 heavy (non-hydrogen) atoms. The number of fused-ring (bicyclic) bond motifs is 2. The van der Waals surface area contributed by atoms with Crippen LogP contribution in [0.3, 0.4) is 0 Å². The first-order valence-electron chi connectivity index (χ1n) is 10.1. The van der Waals surface area contributed by atoms with Crippen LogP contribution in [-0.4, -0.2) is 27.8 Å². The minimum Gasteiger partial charge on any atom is -0.497 e. The third-order valence-electron chi connectivity index (χ3n) is 5.29. The number of ether oxygens (including phenoxy) is 2. The molecule has 0 saturated heterocycles. The summed E-state index contributed by atoms with van der Waals surface area (Å²) in [6.07, 6.45) is 3.87. The molecular weight excluding hydrogens is 426 g/mol. The minimum atomic E-state index is -0.434. The van der Waals surface area contributed by atoms with E-state index in [0.29, 0.717) is 4.53 Å². The van der Waals surface area contributed by atoms with Crippen LogP contribution < -0.4 is 25.1 Å². The van der Waals surface area contributed by atoms with Gasteiger partial charge in [0.15, 0.2) is 0 Å². The summed E-state index contributed by atoms with van der Waals surface area (Å²) in [5, 5.41) is 4.32. The first kappa shape index (κ1) is 20.1. The van der Waals surface area contributed by atoms with Crippen LogP contribution in [-0.2, 0) is 6.42 Å². The third kappa shape index (κ3) is 3.69. The Morgan fingerprint density at radius 3 is 2.72 bits per heavy atom. The van der Waals surface area contributed by atoms with Gasteiger partial charge in [0.05, 0.1) is 11.6 Å². The summed E-state index contributed by atoms with van der Waals surface area (Å²) in [7, 11) is 1.59. The van der Waals surface area contributed by atoms with E-state index in [1.165, 1.54) is 4.52 Å². The molecule has 0 saturated carbocycles. The molecule has 1 unspecified atom stereocenters. The van der Waals surface area contributed by atoms with Crippen LogP contribution in [0.2, 0.25) is 0 Å². The molecule has 0 bridgehead atoms. The molecule has 0 N–H and O–H groups in total. The lowest BCUT2D eigenvalue weighted by molar-refractivity contribution is 0.259. The number of para-hydroxylation sites is 1. The van der Waals surface area contributed by atoms with E-state index in [4.69, 9.17) is 9.47 Å². The summed E-state index contributed by atoms with van der Waals surface area (Å²) in [6, 6.07) is 15.1. The predicted molar refractivity (Wildman–Crippen MR) is 123 cm³/mol. The van der Waals surface area contributed by atoms with E-state index in [1.807, 2.05) is 61.5 Å². The highest BCUT2D eigenvalue weighted by Crippen LogP contribution is 2.29. The van der Waals surface area contributed by atoms with Crippen molar-refractivity contribution in [3.8, 4) is 11.5 Å². The van der Waals surface area contributed by atoms with Crippen molar-refractivity contribution >= 4 is 28.4 Å². The Labute approximate surface area is 186 Å². The zero-order valence-electron chi connectivity index (χ0n) is 17.4. The number of rotatable bonds is 4. The van der Waals surface area contributed by atoms with Gasteiger partial charge in [0.2, 0.25) is 4.96 Å². The molecule has 0 amide bonds. The van der Waals surface area contributed by atoms with Crippen molar-refractivity contribution in [1.82, 2.24) is 14.6 Å². The molecule has 1 aliphatic heterocycles. The molecule has 1 atom stereocenters. The van der Waals surface area contributed by atoms with Crippen LogP contribution >= 0.6 is 11.3 Å². The van der Waals surface area contributed by atoms with Gasteiger partial charge in [-0.05, 0) is 48.4 Å². The molecule has 8 heteroatoms. The number of thiazole rings is 1. The van der Waals surface area contributed by atoms with Gasteiger partial charge in [-0.2, -0.15) is 14.6 Å². The van der Waals surface area contributed by atoms with E-state index in [9.17, 15) is 9.59 Å². The maximum absolute atomic E-state index is 13.0. The quantitative estimate of drug-likeness (QED) is 0.480. The molecule has 5 rings (SSSR count). The lowest BCUT2D eigenvalue weighted by Gasteiger charge is -2.22. The maximum atomic E-state index is 13.0. The Balaban J connectivity index is 1.55. The smallest absolute Gasteiger partial charge is 0.296 e. The Hall–Kier alpha value is -3.78. The fourth-order valence-electron chi connectivity index (χ4n) is 3.56. The fraction of sp³-hybridized carbons (Fsp3) is 0.167.